The van der Waals surface area contributed by atoms with E-state index < -0.39 is 5.25 Å². The molecule has 1 aliphatic heterocycles. The van der Waals surface area contributed by atoms with Gasteiger partial charge in [0.15, 0.2) is 16.7 Å². The number of nitrogens with one attached hydrogen (secondary N) is 2. The Kier molecular flexibility index (Phi) is 6.55. The quantitative estimate of drug-likeness (QED) is 0.513. The minimum absolute atomic E-state index is 0.0781. The Labute approximate surface area is 195 Å². The van der Waals surface area contributed by atoms with Crippen LogP contribution in [0.4, 0.5) is 11.4 Å². The summed E-state index contributed by atoms with van der Waals surface area (Å²) in [5.74, 6) is 1.41. The standard InChI is InChI=1S/C23H25N5O4S/c1-13-5-6-16(9-14(13)2)24-21(29)11-20-26-27-23(28(20)4)33-15(3)22(30)25-17-7-8-18-19(10-17)32-12-31-18/h5-10,15H,11-12H2,1-4H3,(H,24,29)(H,25,30). The number of aryl methyl sites for hydroxylation is 2. The van der Waals surface area contributed by atoms with Gasteiger partial charge in [0.2, 0.25) is 18.6 Å². The predicted molar refractivity (Wildman–Crippen MR) is 126 cm³/mol. The van der Waals surface area contributed by atoms with E-state index in [2.05, 4.69) is 20.8 Å². The van der Waals surface area contributed by atoms with Crippen LogP contribution in [-0.4, -0.2) is 38.6 Å². The van der Waals surface area contributed by atoms with E-state index in [1.807, 2.05) is 32.0 Å². The largest absolute Gasteiger partial charge is 0.454 e. The molecule has 9 nitrogen and oxygen atoms in total. The SMILES string of the molecule is Cc1ccc(NC(=O)Cc2nnc(SC(C)C(=O)Nc3ccc4c(c3)OCO4)n2C)cc1C. The van der Waals surface area contributed by atoms with Gasteiger partial charge in [0.05, 0.1) is 11.7 Å². The molecule has 10 heteroatoms. The molecule has 33 heavy (non-hydrogen) atoms. The zero-order valence-electron chi connectivity index (χ0n) is 18.8. The van der Waals surface area contributed by atoms with Crippen molar-refractivity contribution >= 4 is 35.0 Å². The molecule has 2 amide bonds. The average Bonchev–Trinajstić information content (AvgIpc) is 3.38. The summed E-state index contributed by atoms with van der Waals surface area (Å²) >= 11 is 1.27. The predicted octanol–water partition coefficient (Wildman–Crippen LogP) is 3.46. The molecule has 0 aliphatic carbocycles. The second-order valence-electron chi connectivity index (χ2n) is 7.80. The summed E-state index contributed by atoms with van der Waals surface area (Å²) in [7, 11) is 1.78. The van der Waals surface area contributed by atoms with E-state index in [-0.39, 0.29) is 25.0 Å². The lowest BCUT2D eigenvalue weighted by molar-refractivity contribution is -0.116. The minimum atomic E-state index is -0.435. The van der Waals surface area contributed by atoms with Gasteiger partial charge in [0.1, 0.15) is 5.82 Å². The molecule has 4 rings (SSSR count). The second kappa shape index (κ2) is 9.53. The number of ether oxygens (including phenoxy) is 2. The van der Waals surface area contributed by atoms with Gasteiger partial charge in [0, 0.05) is 24.5 Å². The van der Waals surface area contributed by atoms with E-state index in [0.29, 0.717) is 28.2 Å². The normalized spacial score (nSPS) is 13.0. The highest BCUT2D eigenvalue weighted by Crippen LogP contribution is 2.34. The number of carbonyl (C=O) groups is 2. The zero-order chi connectivity index (χ0) is 23.5. The number of rotatable bonds is 7. The fourth-order valence-corrected chi connectivity index (χ4v) is 4.03. The molecular weight excluding hydrogens is 442 g/mol. The third-order valence-electron chi connectivity index (χ3n) is 5.33. The molecule has 172 valence electrons. The summed E-state index contributed by atoms with van der Waals surface area (Å²) in [5, 5.41) is 14.2. The van der Waals surface area contributed by atoms with Crippen LogP contribution in [0.3, 0.4) is 0 Å². The smallest absolute Gasteiger partial charge is 0.237 e. The number of fused-ring (bicyclic) bond motifs is 1. The maximum Gasteiger partial charge on any atom is 0.237 e. The van der Waals surface area contributed by atoms with Crippen LogP contribution in [0.25, 0.3) is 0 Å². The van der Waals surface area contributed by atoms with Gasteiger partial charge in [0.25, 0.3) is 0 Å². The van der Waals surface area contributed by atoms with Crippen molar-refractivity contribution in [1.29, 1.82) is 0 Å². The monoisotopic (exact) mass is 467 g/mol. The molecule has 0 bridgehead atoms. The van der Waals surface area contributed by atoms with E-state index in [1.165, 1.54) is 17.3 Å². The van der Waals surface area contributed by atoms with Crippen LogP contribution in [-0.2, 0) is 23.1 Å². The van der Waals surface area contributed by atoms with Gasteiger partial charge in [-0.05, 0) is 56.2 Å². The third kappa shape index (κ3) is 5.28. The van der Waals surface area contributed by atoms with Crippen LogP contribution in [0.2, 0.25) is 0 Å². The summed E-state index contributed by atoms with van der Waals surface area (Å²) < 4.78 is 12.4. The van der Waals surface area contributed by atoms with Crippen molar-refractivity contribution in [2.24, 2.45) is 7.05 Å². The van der Waals surface area contributed by atoms with Gasteiger partial charge >= 0.3 is 0 Å². The highest BCUT2D eigenvalue weighted by atomic mass is 32.2. The maximum absolute atomic E-state index is 12.6. The van der Waals surface area contributed by atoms with E-state index in [1.54, 1.807) is 36.7 Å². The number of aromatic nitrogens is 3. The topological polar surface area (TPSA) is 107 Å². The van der Waals surface area contributed by atoms with Crippen molar-refractivity contribution in [3.63, 3.8) is 0 Å². The molecule has 0 radical (unpaired) electrons. The van der Waals surface area contributed by atoms with Gasteiger partial charge in [-0.15, -0.1) is 10.2 Å². The fourth-order valence-electron chi connectivity index (χ4n) is 3.20. The first-order valence-corrected chi connectivity index (χ1v) is 11.3. The Hall–Kier alpha value is -3.53. The number of thioether (sulfide) groups is 1. The van der Waals surface area contributed by atoms with Gasteiger partial charge in [-0.2, -0.15) is 0 Å². The van der Waals surface area contributed by atoms with Crippen molar-refractivity contribution in [2.45, 2.75) is 37.6 Å². The summed E-state index contributed by atoms with van der Waals surface area (Å²) in [6, 6.07) is 11.0. The molecule has 0 spiro atoms. The summed E-state index contributed by atoms with van der Waals surface area (Å²) in [6.45, 7) is 5.99. The van der Waals surface area contributed by atoms with E-state index in [9.17, 15) is 9.59 Å². The lowest BCUT2D eigenvalue weighted by atomic mass is 10.1. The summed E-state index contributed by atoms with van der Waals surface area (Å²) in [5.41, 5.74) is 3.64. The first-order chi connectivity index (χ1) is 15.8. The van der Waals surface area contributed by atoms with Gasteiger partial charge in [-0.3, -0.25) is 9.59 Å². The lowest BCUT2D eigenvalue weighted by Gasteiger charge is -2.12. The first-order valence-electron chi connectivity index (χ1n) is 10.4. The molecule has 0 saturated carbocycles. The Morgan fingerprint density at radius 1 is 1.03 bits per heavy atom. The molecule has 2 heterocycles. The van der Waals surface area contributed by atoms with E-state index >= 15 is 0 Å². The van der Waals surface area contributed by atoms with Gasteiger partial charge in [-0.1, -0.05) is 17.8 Å². The van der Waals surface area contributed by atoms with Crippen molar-refractivity contribution in [2.75, 3.05) is 17.4 Å². The fraction of sp³-hybridized carbons (Fsp3) is 0.304. The Morgan fingerprint density at radius 3 is 2.55 bits per heavy atom. The molecule has 1 aliphatic rings. The first kappa shape index (κ1) is 22.7. The molecule has 1 atom stereocenters. The van der Waals surface area contributed by atoms with Crippen LogP contribution in [0, 0.1) is 13.8 Å². The number of nitrogens with zero attached hydrogens (tertiary/aromatic N) is 3. The van der Waals surface area contributed by atoms with Gasteiger partial charge in [-0.25, -0.2) is 0 Å². The minimum Gasteiger partial charge on any atom is -0.454 e. The molecule has 0 fully saturated rings. The molecule has 3 aromatic rings. The highest BCUT2D eigenvalue weighted by molar-refractivity contribution is 8.00. The Balaban J connectivity index is 1.34. The zero-order valence-corrected chi connectivity index (χ0v) is 19.7. The highest BCUT2D eigenvalue weighted by Gasteiger charge is 2.21. The number of amides is 2. The number of anilines is 2. The lowest BCUT2D eigenvalue weighted by Crippen LogP contribution is -2.23. The molecule has 2 N–H and O–H groups in total. The Bertz CT molecular complexity index is 1210. The van der Waals surface area contributed by atoms with Gasteiger partial charge < -0.3 is 24.7 Å². The molecule has 0 saturated heterocycles. The molecule has 1 unspecified atom stereocenters. The van der Waals surface area contributed by atoms with Crippen molar-refractivity contribution < 1.29 is 19.1 Å². The van der Waals surface area contributed by atoms with Crippen LogP contribution in [0.5, 0.6) is 11.5 Å². The maximum atomic E-state index is 12.6. The van der Waals surface area contributed by atoms with E-state index in [0.717, 1.165) is 11.3 Å². The Morgan fingerprint density at radius 2 is 1.76 bits per heavy atom. The number of hydrogen-bond acceptors (Lipinski definition) is 7. The number of benzene rings is 2. The average molecular weight is 468 g/mol. The molecule has 2 aromatic carbocycles. The number of carbonyl (C=O) groups excluding carboxylic acids is 2. The van der Waals surface area contributed by atoms with Crippen LogP contribution in [0.1, 0.15) is 23.9 Å². The summed E-state index contributed by atoms with van der Waals surface area (Å²) in [6.07, 6.45) is 0.0781. The molecular formula is C23H25N5O4S. The van der Waals surface area contributed by atoms with Crippen LogP contribution < -0.4 is 20.1 Å². The molecule has 1 aromatic heterocycles. The van der Waals surface area contributed by atoms with Crippen molar-refractivity contribution in [1.82, 2.24) is 14.8 Å². The van der Waals surface area contributed by atoms with Crippen molar-refractivity contribution in [3.8, 4) is 11.5 Å². The van der Waals surface area contributed by atoms with Crippen molar-refractivity contribution in [3.05, 3.63) is 53.3 Å². The van der Waals surface area contributed by atoms with Crippen LogP contribution >= 0.6 is 11.8 Å². The summed E-state index contributed by atoms with van der Waals surface area (Å²) in [4.78, 5) is 25.1. The third-order valence-corrected chi connectivity index (χ3v) is 6.46. The van der Waals surface area contributed by atoms with Crippen LogP contribution in [0.15, 0.2) is 41.6 Å². The number of hydrogen-bond donors (Lipinski definition) is 2. The second-order valence-corrected chi connectivity index (χ2v) is 9.11. The van der Waals surface area contributed by atoms with E-state index in [4.69, 9.17) is 9.47 Å².